The van der Waals surface area contributed by atoms with Crippen LogP contribution in [0.1, 0.15) is 27.6 Å². The predicted molar refractivity (Wildman–Crippen MR) is 94.1 cm³/mol. The molecule has 0 aliphatic heterocycles. The molecule has 0 unspecified atom stereocenters. The zero-order chi connectivity index (χ0) is 16.9. The van der Waals surface area contributed by atoms with E-state index in [1.54, 1.807) is 24.4 Å². The number of carbonyl (C=O) groups excluding carboxylic acids is 2. The standard InChI is InChI=1S/C20H16N2O2/c1-14(23)15-6-5-7-16(10-15)17-11-18(13-21-12-17)20(24)22-19-8-3-2-4-9-19/h2-13H,1H3,(H,22,24). The van der Waals surface area contributed by atoms with Gasteiger partial charge >= 0.3 is 0 Å². The van der Waals surface area contributed by atoms with Crippen LogP contribution in [-0.4, -0.2) is 16.7 Å². The van der Waals surface area contributed by atoms with Crippen LogP contribution in [0.4, 0.5) is 5.69 Å². The number of aromatic nitrogens is 1. The van der Waals surface area contributed by atoms with Crippen LogP contribution >= 0.6 is 0 Å². The number of carbonyl (C=O) groups is 2. The number of rotatable bonds is 4. The first kappa shape index (κ1) is 15.6. The van der Waals surface area contributed by atoms with Crippen molar-refractivity contribution < 1.29 is 9.59 Å². The maximum absolute atomic E-state index is 12.4. The fraction of sp³-hybridized carbons (Fsp3) is 0.0500. The lowest BCUT2D eigenvalue weighted by atomic mass is 10.0. The molecule has 24 heavy (non-hydrogen) atoms. The van der Waals surface area contributed by atoms with Gasteiger partial charge in [-0.05, 0) is 36.8 Å². The van der Waals surface area contributed by atoms with E-state index in [1.165, 1.54) is 13.1 Å². The van der Waals surface area contributed by atoms with Crippen molar-refractivity contribution in [2.75, 3.05) is 5.32 Å². The molecule has 0 fully saturated rings. The highest BCUT2D eigenvalue weighted by Gasteiger charge is 2.09. The Hall–Kier alpha value is -3.27. The van der Waals surface area contributed by atoms with Crippen molar-refractivity contribution in [1.29, 1.82) is 0 Å². The van der Waals surface area contributed by atoms with E-state index in [0.29, 0.717) is 11.1 Å². The van der Waals surface area contributed by atoms with Gasteiger partial charge in [-0.2, -0.15) is 0 Å². The Bertz CT molecular complexity index is 889. The number of anilines is 1. The van der Waals surface area contributed by atoms with Crippen LogP contribution in [0.15, 0.2) is 73.1 Å². The van der Waals surface area contributed by atoms with Crippen LogP contribution < -0.4 is 5.32 Å². The molecule has 3 aromatic rings. The van der Waals surface area contributed by atoms with Gasteiger partial charge in [-0.3, -0.25) is 14.6 Å². The van der Waals surface area contributed by atoms with E-state index in [4.69, 9.17) is 0 Å². The minimum Gasteiger partial charge on any atom is -0.322 e. The van der Waals surface area contributed by atoms with Crippen LogP contribution in [0, 0.1) is 0 Å². The summed E-state index contributed by atoms with van der Waals surface area (Å²) >= 11 is 0. The summed E-state index contributed by atoms with van der Waals surface area (Å²) in [4.78, 5) is 28.0. The second kappa shape index (κ2) is 6.87. The minimum atomic E-state index is -0.224. The first-order valence-electron chi connectivity index (χ1n) is 7.56. The molecule has 2 aromatic carbocycles. The average molecular weight is 316 g/mol. The second-order valence-electron chi connectivity index (χ2n) is 5.42. The highest BCUT2D eigenvalue weighted by Crippen LogP contribution is 2.21. The number of ketones is 1. The van der Waals surface area contributed by atoms with Crippen molar-refractivity contribution in [3.63, 3.8) is 0 Å². The summed E-state index contributed by atoms with van der Waals surface area (Å²) in [5.74, 6) is -0.221. The summed E-state index contributed by atoms with van der Waals surface area (Å²) in [6, 6.07) is 18.3. The molecule has 0 saturated carbocycles. The van der Waals surface area contributed by atoms with Crippen molar-refractivity contribution in [3.8, 4) is 11.1 Å². The highest BCUT2D eigenvalue weighted by atomic mass is 16.1. The number of para-hydroxylation sites is 1. The van der Waals surface area contributed by atoms with Gasteiger partial charge in [0.15, 0.2) is 5.78 Å². The third kappa shape index (κ3) is 3.55. The molecule has 1 amide bonds. The highest BCUT2D eigenvalue weighted by molar-refractivity contribution is 6.04. The van der Waals surface area contributed by atoms with Gasteiger partial charge in [0.2, 0.25) is 0 Å². The van der Waals surface area contributed by atoms with Crippen LogP contribution in [-0.2, 0) is 0 Å². The Kier molecular flexibility index (Phi) is 4.47. The first-order chi connectivity index (χ1) is 11.6. The number of benzene rings is 2. The van der Waals surface area contributed by atoms with Gasteiger partial charge < -0.3 is 5.32 Å². The van der Waals surface area contributed by atoms with Crippen molar-refractivity contribution in [1.82, 2.24) is 4.98 Å². The van der Waals surface area contributed by atoms with E-state index in [0.717, 1.165) is 16.8 Å². The van der Waals surface area contributed by atoms with Crippen molar-refractivity contribution in [3.05, 3.63) is 84.2 Å². The van der Waals surface area contributed by atoms with Crippen LogP contribution in [0.25, 0.3) is 11.1 Å². The van der Waals surface area contributed by atoms with Gasteiger partial charge in [0.1, 0.15) is 0 Å². The Morgan fingerprint density at radius 2 is 1.58 bits per heavy atom. The number of nitrogens with one attached hydrogen (secondary N) is 1. The number of nitrogens with zero attached hydrogens (tertiary/aromatic N) is 1. The van der Waals surface area contributed by atoms with E-state index in [2.05, 4.69) is 10.3 Å². The molecule has 3 rings (SSSR count). The molecular weight excluding hydrogens is 300 g/mol. The molecule has 1 N–H and O–H groups in total. The molecule has 0 aliphatic rings. The van der Waals surface area contributed by atoms with E-state index in [1.807, 2.05) is 42.5 Å². The van der Waals surface area contributed by atoms with Gasteiger partial charge in [-0.25, -0.2) is 0 Å². The summed E-state index contributed by atoms with van der Waals surface area (Å²) in [6.45, 7) is 1.53. The first-order valence-corrected chi connectivity index (χ1v) is 7.56. The fourth-order valence-corrected chi connectivity index (χ4v) is 2.36. The van der Waals surface area contributed by atoms with Gasteiger partial charge in [-0.15, -0.1) is 0 Å². The topological polar surface area (TPSA) is 59.1 Å². The molecule has 0 atom stereocenters. The molecule has 0 spiro atoms. The Labute approximate surface area is 140 Å². The summed E-state index contributed by atoms with van der Waals surface area (Å²) in [6.07, 6.45) is 3.20. The molecule has 1 heterocycles. The van der Waals surface area contributed by atoms with E-state index in [-0.39, 0.29) is 11.7 Å². The third-order valence-electron chi connectivity index (χ3n) is 3.63. The fourth-order valence-electron chi connectivity index (χ4n) is 2.36. The molecular formula is C20H16N2O2. The predicted octanol–water partition coefficient (Wildman–Crippen LogP) is 4.20. The number of Topliss-reactive ketones (excluding diaryl/α,β-unsaturated/α-hetero) is 1. The SMILES string of the molecule is CC(=O)c1cccc(-c2cncc(C(=O)Nc3ccccc3)c2)c1. The Morgan fingerprint density at radius 1 is 0.833 bits per heavy atom. The van der Waals surface area contributed by atoms with Crippen molar-refractivity contribution in [2.45, 2.75) is 6.92 Å². The second-order valence-corrected chi connectivity index (χ2v) is 5.42. The molecule has 4 nitrogen and oxygen atoms in total. The number of pyridine rings is 1. The van der Waals surface area contributed by atoms with Crippen molar-refractivity contribution >= 4 is 17.4 Å². The lowest BCUT2D eigenvalue weighted by Gasteiger charge is -2.07. The summed E-state index contributed by atoms with van der Waals surface area (Å²) in [7, 11) is 0. The smallest absolute Gasteiger partial charge is 0.257 e. The molecule has 0 radical (unpaired) electrons. The van der Waals surface area contributed by atoms with Crippen LogP contribution in [0.2, 0.25) is 0 Å². The average Bonchev–Trinajstić information content (AvgIpc) is 2.63. The lowest BCUT2D eigenvalue weighted by Crippen LogP contribution is -2.12. The Morgan fingerprint density at radius 3 is 2.33 bits per heavy atom. The molecule has 1 aromatic heterocycles. The third-order valence-corrected chi connectivity index (χ3v) is 3.63. The van der Waals surface area contributed by atoms with Crippen molar-refractivity contribution in [2.24, 2.45) is 0 Å². The molecule has 118 valence electrons. The van der Waals surface area contributed by atoms with Gasteiger partial charge in [0.25, 0.3) is 5.91 Å². The zero-order valence-corrected chi connectivity index (χ0v) is 13.2. The molecule has 0 bridgehead atoms. The summed E-state index contributed by atoms with van der Waals surface area (Å²) in [5.41, 5.74) is 3.46. The molecule has 4 heteroatoms. The zero-order valence-electron chi connectivity index (χ0n) is 13.2. The van der Waals surface area contributed by atoms with Gasteiger partial charge in [0, 0.05) is 29.2 Å². The van der Waals surface area contributed by atoms with Crippen LogP contribution in [0.5, 0.6) is 0 Å². The minimum absolute atomic E-state index is 0.00258. The quantitative estimate of drug-likeness (QED) is 0.734. The normalized spacial score (nSPS) is 10.2. The maximum Gasteiger partial charge on any atom is 0.257 e. The Balaban J connectivity index is 1.88. The van der Waals surface area contributed by atoms with E-state index < -0.39 is 0 Å². The maximum atomic E-state index is 12.4. The largest absolute Gasteiger partial charge is 0.322 e. The summed E-state index contributed by atoms with van der Waals surface area (Å²) < 4.78 is 0. The molecule has 0 saturated heterocycles. The number of amides is 1. The molecule has 0 aliphatic carbocycles. The number of hydrogen-bond donors (Lipinski definition) is 1. The van der Waals surface area contributed by atoms with Gasteiger partial charge in [0.05, 0.1) is 5.56 Å². The lowest BCUT2D eigenvalue weighted by molar-refractivity contribution is 0.101. The summed E-state index contributed by atoms with van der Waals surface area (Å²) in [5, 5.41) is 2.83. The van der Waals surface area contributed by atoms with E-state index >= 15 is 0 Å². The van der Waals surface area contributed by atoms with Gasteiger partial charge in [-0.1, -0.05) is 36.4 Å². The monoisotopic (exact) mass is 316 g/mol. The van der Waals surface area contributed by atoms with Crippen LogP contribution in [0.3, 0.4) is 0 Å². The number of hydrogen-bond acceptors (Lipinski definition) is 3. The van der Waals surface area contributed by atoms with E-state index in [9.17, 15) is 9.59 Å².